The molecule has 1 atom stereocenters. The first-order valence-electron chi connectivity index (χ1n) is 13.2. The van der Waals surface area contributed by atoms with Crippen LogP contribution in [0.4, 0.5) is 15.8 Å². The SMILES string of the molecule is O=C(O)c1cccc(NC(=O)c2ccc3c(c2)C2(CCS(O)(O)CC2)C(C2CC2)N3S(=O)(=O)c2ccc(F)cc2)c1. The van der Waals surface area contributed by atoms with Crippen molar-refractivity contribution in [3.63, 3.8) is 0 Å². The Morgan fingerprint density at radius 2 is 1.63 bits per heavy atom. The number of carboxylic acids is 1. The standard InChI is InChI=1S/C29H29FN2O7S2/c30-21-7-9-23(10-8-21)41(38,39)32-25-11-6-19(27(33)31-22-3-1-2-20(16-22)28(34)35)17-24(25)29(26(32)18-4-5-18)12-14-40(36,37)15-13-29/h1-3,6-11,16-18,26,36-37H,4-5,12-15H2,(H,31,33)(H,34,35). The Balaban J connectivity index is 1.45. The molecule has 1 aliphatic carbocycles. The number of fused-ring (bicyclic) bond motifs is 2. The number of nitrogens with one attached hydrogen (secondary N) is 1. The van der Waals surface area contributed by atoms with Gasteiger partial charge in [0.05, 0.1) is 22.2 Å². The Morgan fingerprint density at radius 3 is 2.27 bits per heavy atom. The molecule has 2 heterocycles. The van der Waals surface area contributed by atoms with Gasteiger partial charge in [-0.3, -0.25) is 18.2 Å². The van der Waals surface area contributed by atoms with E-state index in [1.165, 1.54) is 40.7 Å². The molecule has 0 aromatic heterocycles. The van der Waals surface area contributed by atoms with Crippen molar-refractivity contribution in [3.05, 3.63) is 89.2 Å². The minimum Gasteiger partial charge on any atom is -0.478 e. The van der Waals surface area contributed by atoms with Gasteiger partial charge in [-0.2, -0.15) is 10.6 Å². The summed E-state index contributed by atoms with van der Waals surface area (Å²) in [5.41, 5.74) is 0.914. The third kappa shape index (κ3) is 4.88. The number of carbonyl (C=O) groups excluding carboxylic acids is 1. The molecule has 1 saturated heterocycles. The van der Waals surface area contributed by atoms with Gasteiger partial charge in [0.15, 0.2) is 0 Å². The quantitative estimate of drug-likeness (QED) is 0.291. The predicted octanol–water partition coefficient (Wildman–Crippen LogP) is 5.55. The van der Waals surface area contributed by atoms with Gasteiger partial charge in [0.1, 0.15) is 5.82 Å². The lowest BCUT2D eigenvalue weighted by atomic mass is 9.70. The van der Waals surface area contributed by atoms with Crippen molar-refractivity contribution in [1.29, 1.82) is 0 Å². The number of benzene rings is 3. The van der Waals surface area contributed by atoms with E-state index in [1.54, 1.807) is 18.2 Å². The lowest BCUT2D eigenvalue weighted by Gasteiger charge is -2.48. The van der Waals surface area contributed by atoms with E-state index in [-0.39, 0.29) is 33.4 Å². The van der Waals surface area contributed by atoms with Crippen LogP contribution in [0.1, 0.15) is 52.0 Å². The first kappa shape index (κ1) is 27.7. The minimum atomic E-state index is -4.13. The molecule has 1 amide bonds. The number of sulfonamides is 1. The number of carboxylic acid groups (broad SMARTS) is 1. The predicted molar refractivity (Wildman–Crippen MR) is 154 cm³/mol. The van der Waals surface area contributed by atoms with Crippen molar-refractivity contribution in [2.45, 2.75) is 42.0 Å². The van der Waals surface area contributed by atoms with Gasteiger partial charge in [-0.25, -0.2) is 17.6 Å². The molecule has 9 nitrogen and oxygen atoms in total. The van der Waals surface area contributed by atoms with Crippen LogP contribution in [0.5, 0.6) is 0 Å². The fourth-order valence-corrected chi connectivity index (χ4v) is 9.66. The first-order valence-corrected chi connectivity index (χ1v) is 16.6. The van der Waals surface area contributed by atoms with E-state index in [9.17, 15) is 36.6 Å². The lowest BCUT2D eigenvalue weighted by molar-refractivity contribution is 0.0696. The van der Waals surface area contributed by atoms with E-state index in [0.29, 0.717) is 29.8 Å². The Labute approximate surface area is 238 Å². The number of amides is 1. The van der Waals surface area contributed by atoms with Gasteiger partial charge in [-0.05, 0) is 97.8 Å². The van der Waals surface area contributed by atoms with Gasteiger partial charge in [-0.15, -0.1) is 0 Å². The van der Waals surface area contributed by atoms with Gasteiger partial charge in [0, 0.05) is 28.2 Å². The van der Waals surface area contributed by atoms with Crippen LogP contribution in [-0.2, 0) is 15.4 Å². The molecule has 1 saturated carbocycles. The number of halogens is 1. The summed E-state index contributed by atoms with van der Waals surface area (Å²) in [7, 11) is -6.93. The molecular weight excluding hydrogens is 571 g/mol. The van der Waals surface area contributed by atoms with Gasteiger partial charge in [-0.1, -0.05) is 6.07 Å². The lowest BCUT2D eigenvalue weighted by Crippen LogP contribution is -2.51. The first-order chi connectivity index (χ1) is 19.4. The van der Waals surface area contributed by atoms with Crippen LogP contribution in [0.25, 0.3) is 0 Å². The summed E-state index contributed by atoms with van der Waals surface area (Å²) in [6, 6.07) is 14.9. The van der Waals surface area contributed by atoms with Crippen molar-refractivity contribution in [2.75, 3.05) is 21.1 Å². The molecule has 3 aromatic rings. The molecule has 3 aromatic carbocycles. The Hall–Kier alpha value is -3.45. The van der Waals surface area contributed by atoms with Crippen LogP contribution in [0.2, 0.25) is 0 Å². The van der Waals surface area contributed by atoms with Gasteiger partial charge < -0.3 is 10.4 Å². The van der Waals surface area contributed by atoms with Gasteiger partial charge >= 0.3 is 5.97 Å². The minimum absolute atomic E-state index is 0.0193. The maximum absolute atomic E-state index is 14.1. The zero-order valence-corrected chi connectivity index (χ0v) is 23.5. The highest BCUT2D eigenvalue weighted by molar-refractivity contribution is 8.24. The molecule has 0 bridgehead atoms. The highest BCUT2D eigenvalue weighted by Crippen LogP contribution is 2.62. The van der Waals surface area contributed by atoms with Crippen LogP contribution in [0, 0.1) is 11.7 Å². The normalized spacial score (nSPS) is 21.7. The van der Waals surface area contributed by atoms with Gasteiger partial charge in [0.25, 0.3) is 15.9 Å². The van der Waals surface area contributed by atoms with E-state index < -0.39 is 49.8 Å². The van der Waals surface area contributed by atoms with Crippen LogP contribution in [0.15, 0.2) is 71.6 Å². The smallest absolute Gasteiger partial charge is 0.335 e. The molecule has 2 fully saturated rings. The van der Waals surface area contributed by atoms with Crippen molar-refractivity contribution < 1.29 is 36.6 Å². The Kier molecular flexibility index (Phi) is 6.64. The van der Waals surface area contributed by atoms with Crippen LogP contribution in [-0.4, -0.2) is 52.1 Å². The monoisotopic (exact) mass is 600 g/mol. The number of rotatable bonds is 6. The Morgan fingerprint density at radius 1 is 0.951 bits per heavy atom. The molecular formula is C29H29FN2O7S2. The summed E-state index contributed by atoms with van der Waals surface area (Å²) in [4.78, 5) is 24.6. The highest BCUT2D eigenvalue weighted by Gasteiger charge is 2.60. The number of nitrogens with zero attached hydrogens (tertiary/aromatic N) is 1. The second-order valence-corrected chi connectivity index (χ2v) is 15.2. The highest BCUT2D eigenvalue weighted by atomic mass is 32.3. The average molecular weight is 601 g/mol. The average Bonchev–Trinajstić information content (AvgIpc) is 3.73. The van der Waals surface area contributed by atoms with Crippen molar-refractivity contribution in [1.82, 2.24) is 0 Å². The number of hydrogen-bond acceptors (Lipinski definition) is 6. The maximum atomic E-state index is 14.1. The molecule has 4 N–H and O–H groups in total. The molecule has 0 radical (unpaired) electrons. The van der Waals surface area contributed by atoms with Crippen LogP contribution in [0.3, 0.4) is 0 Å². The Bertz CT molecular complexity index is 1650. The number of carbonyl (C=O) groups is 2. The fourth-order valence-electron chi connectivity index (χ4n) is 6.27. The second-order valence-electron chi connectivity index (χ2n) is 11.0. The van der Waals surface area contributed by atoms with E-state index in [4.69, 9.17) is 0 Å². The molecule has 3 aliphatic rings. The van der Waals surface area contributed by atoms with E-state index in [1.807, 2.05) is 0 Å². The van der Waals surface area contributed by atoms with E-state index in [0.717, 1.165) is 25.0 Å². The maximum Gasteiger partial charge on any atom is 0.335 e. The summed E-state index contributed by atoms with van der Waals surface area (Å²) < 4.78 is 64.3. The number of anilines is 2. The molecule has 216 valence electrons. The zero-order valence-electron chi connectivity index (χ0n) is 21.9. The largest absolute Gasteiger partial charge is 0.478 e. The molecule has 1 unspecified atom stereocenters. The van der Waals surface area contributed by atoms with Crippen molar-refractivity contribution in [2.24, 2.45) is 5.92 Å². The summed E-state index contributed by atoms with van der Waals surface area (Å²) in [5.74, 6) is -1.88. The van der Waals surface area contributed by atoms with Crippen molar-refractivity contribution in [3.8, 4) is 0 Å². The second kappa shape index (κ2) is 9.83. The van der Waals surface area contributed by atoms with Gasteiger partial charge in [0.2, 0.25) is 0 Å². The van der Waals surface area contributed by atoms with E-state index >= 15 is 0 Å². The van der Waals surface area contributed by atoms with Crippen LogP contribution < -0.4 is 9.62 Å². The molecule has 41 heavy (non-hydrogen) atoms. The number of aromatic carboxylic acids is 1. The fraction of sp³-hybridized carbons (Fsp3) is 0.310. The summed E-state index contributed by atoms with van der Waals surface area (Å²) >= 11 is 0. The molecule has 1 spiro atoms. The zero-order chi connectivity index (χ0) is 29.2. The van der Waals surface area contributed by atoms with Crippen LogP contribution >= 0.6 is 10.6 Å². The summed E-state index contributed by atoms with van der Waals surface area (Å²) in [5, 5.41) is 12.0. The summed E-state index contributed by atoms with van der Waals surface area (Å²) in [6.07, 6.45) is 2.31. The van der Waals surface area contributed by atoms with E-state index in [2.05, 4.69) is 5.32 Å². The molecule has 2 aliphatic heterocycles. The molecule has 6 rings (SSSR count). The topological polar surface area (TPSA) is 144 Å². The summed E-state index contributed by atoms with van der Waals surface area (Å²) in [6.45, 7) is 0. The number of hydrogen-bond donors (Lipinski definition) is 4. The molecule has 12 heteroatoms. The third-order valence-corrected chi connectivity index (χ3v) is 11.9. The third-order valence-electron chi connectivity index (χ3n) is 8.41. The van der Waals surface area contributed by atoms with Crippen molar-refractivity contribution >= 4 is 43.9 Å².